The molecule has 1 amide bonds. The second-order valence-electron chi connectivity index (χ2n) is 7.42. The molecule has 0 aromatic carbocycles. The fourth-order valence-electron chi connectivity index (χ4n) is 2.66. The number of hydroxylamine groups is 2. The second kappa shape index (κ2) is 8.88. The number of oxime groups is 1. The van der Waals surface area contributed by atoms with E-state index in [2.05, 4.69) is 10.1 Å². The molecule has 2 heterocycles. The molecule has 0 radical (unpaired) electrons. The van der Waals surface area contributed by atoms with Gasteiger partial charge in [-0.15, -0.1) is 11.3 Å². The highest BCUT2D eigenvalue weighted by Crippen LogP contribution is 2.40. The van der Waals surface area contributed by atoms with Crippen LogP contribution < -0.4 is 5.73 Å². The van der Waals surface area contributed by atoms with Crippen LogP contribution in [-0.2, 0) is 28.9 Å². The van der Waals surface area contributed by atoms with Gasteiger partial charge >= 0.3 is 5.97 Å². The Labute approximate surface area is 176 Å². The van der Waals surface area contributed by atoms with Crippen molar-refractivity contribution in [2.45, 2.75) is 58.8 Å². The monoisotopic (exact) mass is 440 g/mol. The lowest BCUT2D eigenvalue weighted by Gasteiger charge is -2.52. The number of carbonyl (C=O) groups excluding carboxylic acids is 3. The van der Waals surface area contributed by atoms with Gasteiger partial charge in [0.1, 0.15) is 11.8 Å². The summed E-state index contributed by atoms with van der Waals surface area (Å²) in [7, 11) is 0. The molecule has 0 spiro atoms. The quantitative estimate of drug-likeness (QED) is 0.307. The molecule has 1 fully saturated rings. The van der Waals surface area contributed by atoms with Crippen molar-refractivity contribution in [1.82, 2.24) is 10.0 Å². The molecule has 3 atom stereocenters. The number of thiazole rings is 1. The van der Waals surface area contributed by atoms with Crippen LogP contribution >= 0.6 is 11.3 Å². The van der Waals surface area contributed by atoms with Gasteiger partial charge in [-0.25, -0.2) is 14.8 Å². The molecule has 0 aliphatic carbocycles. The van der Waals surface area contributed by atoms with Gasteiger partial charge in [0.2, 0.25) is 6.10 Å². The van der Waals surface area contributed by atoms with Crippen molar-refractivity contribution >= 4 is 45.6 Å². The third kappa shape index (κ3) is 4.82. The Balaban J connectivity index is 2.19. The van der Waals surface area contributed by atoms with Gasteiger partial charge in [0.25, 0.3) is 5.91 Å². The summed E-state index contributed by atoms with van der Waals surface area (Å²) < 4.78 is 0. The van der Waals surface area contributed by atoms with Gasteiger partial charge < -0.3 is 15.7 Å². The van der Waals surface area contributed by atoms with Crippen LogP contribution in [0.2, 0.25) is 0 Å². The van der Waals surface area contributed by atoms with Crippen LogP contribution in [0.25, 0.3) is 0 Å². The second-order valence-corrected chi connectivity index (χ2v) is 8.31. The molecular formula is C18H24N4O7S. The molecule has 2 rings (SSSR count). The molecule has 164 valence electrons. The zero-order valence-electron chi connectivity index (χ0n) is 17.2. The van der Waals surface area contributed by atoms with Crippen molar-refractivity contribution < 1.29 is 34.0 Å². The van der Waals surface area contributed by atoms with E-state index in [1.807, 2.05) is 0 Å². The van der Waals surface area contributed by atoms with E-state index in [1.54, 1.807) is 13.8 Å². The number of hydrogen-bond acceptors (Lipinski definition) is 10. The third-order valence-corrected chi connectivity index (χ3v) is 5.45. The Morgan fingerprint density at radius 1 is 1.37 bits per heavy atom. The SMILES string of the molecule is CC(=O)C(C)ON1C(=O)[C@@H](CC(=O)/C(=N\OC(C)C(=O)O)c2csc(N)n2)C1(C)C. The van der Waals surface area contributed by atoms with Crippen molar-refractivity contribution in [1.29, 1.82) is 0 Å². The number of β-lactam (4-membered cyclic amide) rings is 1. The minimum absolute atomic E-state index is 0.128. The highest BCUT2D eigenvalue weighted by atomic mass is 32.1. The molecule has 1 aliphatic heterocycles. The summed E-state index contributed by atoms with van der Waals surface area (Å²) in [5.74, 6) is -3.24. The number of anilines is 1. The number of Topliss-reactive ketones (excluding diaryl/α,β-unsaturated/α-hetero) is 2. The Kier molecular flexibility index (Phi) is 6.93. The number of nitrogen functional groups attached to an aromatic ring is 1. The van der Waals surface area contributed by atoms with E-state index < -0.39 is 41.3 Å². The predicted molar refractivity (Wildman–Crippen MR) is 107 cm³/mol. The van der Waals surface area contributed by atoms with Crippen molar-refractivity contribution in [2.24, 2.45) is 11.1 Å². The highest BCUT2D eigenvalue weighted by Gasteiger charge is 2.56. The van der Waals surface area contributed by atoms with Crippen molar-refractivity contribution in [3.05, 3.63) is 11.1 Å². The summed E-state index contributed by atoms with van der Waals surface area (Å²) in [6.45, 7) is 7.55. The van der Waals surface area contributed by atoms with Crippen LogP contribution in [0.1, 0.15) is 46.7 Å². The Bertz CT molecular complexity index is 895. The van der Waals surface area contributed by atoms with Crippen molar-refractivity contribution in [3.63, 3.8) is 0 Å². The van der Waals surface area contributed by atoms with E-state index in [4.69, 9.17) is 20.5 Å². The van der Waals surface area contributed by atoms with Crippen LogP contribution in [0.3, 0.4) is 0 Å². The maximum Gasteiger partial charge on any atom is 0.347 e. The number of carboxylic acid groups (broad SMARTS) is 1. The smallest absolute Gasteiger partial charge is 0.347 e. The van der Waals surface area contributed by atoms with Crippen LogP contribution in [0.15, 0.2) is 10.5 Å². The van der Waals surface area contributed by atoms with Crippen LogP contribution in [0, 0.1) is 5.92 Å². The zero-order chi connectivity index (χ0) is 22.8. The number of nitrogens with zero attached hydrogens (tertiary/aromatic N) is 3. The maximum atomic E-state index is 12.9. The fraction of sp³-hybridized carbons (Fsp3) is 0.556. The molecule has 12 heteroatoms. The van der Waals surface area contributed by atoms with E-state index in [0.29, 0.717) is 0 Å². The number of amides is 1. The first-order valence-corrected chi connectivity index (χ1v) is 9.96. The van der Waals surface area contributed by atoms with Gasteiger partial charge in [0, 0.05) is 11.8 Å². The third-order valence-electron chi connectivity index (χ3n) is 4.78. The summed E-state index contributed by atoms with van der Waals surface area (Å²) >= 11 is 1.07. The number of ketones is 2. The van der Waals surface area contributed by atoms with Gasteiger partial charge in [-0.05, 0) is 34.6 Å². The Hall–Kier alpha value is -2.86. The van der Waals surface area contributed by atoms with Gasteiger partial charge in [-0.3, -0.25) is 19.2 Å². The van der Waals surface area contributed by atoms with Gasteiger partial charge in [-0.1, -0.05) is 5.16 Å². The Morgan fingerprint density at radius 3 is 2.47 bits per heavy atom. The molecular weight excluding hydrogens is 416 g/mol. The minimum Gasteiger partial charge on any atom is -0.478 e. The topological polar surface area (TPSA) is 161 Å². The van der Waals surface area contributed by atoms with Gasteiger partial charge in [0.05, 0.1) is 11.5 Å². The van der Waals surface area contributed by atoms with E-state index in [9.17, 15) is 19.2 Å². The summed E-state index contributed by atoms with van der Waals surface area (Å²) in [6, 6.07) is 0. The summed E-state index contributed by atoms with van der Waals surface area (Å²) in [6.07, 6.45) is -2.32. The van der Waals surface area contributed by atoms with E-state index in [0.717, 1.165) is 16.4 Å². The maximum absolute atomic E-state index is 12.9. The predicted octanol–water partition coefficient (Wildman–Crippen LogP) is 1.02. The number of hydrogen-bond donors (Lipinski definition) is 2. The number of rotatable bonds is 10. The summed E-state index contributed by atoms with van der Waals surface area (Å²) in [5, 5.41) is 15.4. The first-order valence-electron chi connectivity index (χ1n) is 9.08. The van der Waals surface area contributed by atoms with E-state index in [1.165, 1.54) is 26.2 Å². The number of aliphatic carboxylic acids is 1. The Morgan fingerprint density at radius 2 is 2.00 bits per heavy atom. The highest BCUT2D eigenvalue weighted by molar-refractivity contribution is 7.13. The van der Waals surface area contributed by atoms with Crippen molar-refractivity contribution in [2.75, 3.05) is 5.73 Å². The van der Waals surface area contributed by atoms with Crippen molar-refractivity contribution in [3.8, 4) is 0 Å². The van der Waals surface area contributed by atoms with Crippen LogP contribution in [0.4, 0.5) is 5.13 Å². The fourth-order valence-corrected chi connectivity index (χ4v) is 3.20. The first kappa shape index (κ1) is 23.4. The number of carbonyl (C=O) groups is 4. The average Bonchev–Trinajstić information content (AvgIpc) is 3.09. The number of nitrogens with two attached hydrogens (primary N) is 1. The minimum atomic E-state index is -1.29. The lowest BCUT2D eigenvalue weighted by Crippen LogP contribution is -2.68. The standard InChI is InChI=1S/C18H24N4O7S/c1-8(23)9(2)29-22-15(25)11(18(22,4)5)6-13(24)14(12-7-30-17(19)20-12)21-28-10(3)16(26)27/h7,9-11H,6H2,1-5H3,(H2,19,20)(H,26,27)/b21-14-/t9?,10?,11-/m1/s1. The molecule has 0 bridgehead atoms. The molecule has 1 aliphatic rings. The molecule has 1 aromatic heterocycles. The molecule has 1 aromatic rings. The van der Waals surface area contributed by atoms with Gasteiger partial charge in [-0.2, -0.15) is 0 Å². The molecule has 1 saturated heterocycles. The largest absolute Gasteiger partial charge is 0.478 e. The molecule has 0 saturated carbocycles. The molecule has 11 nitrogen and oxygen atoms in total. The summed E-state index contributed by atoms with van der Waals surface area (Å²) in [5.41, 5.74) is 4.67. The first-order chi connectivity index (χ1) is 13.9. The lowest BCUT2D eigenvalue weighted by atomic mass is 9.74. The normalized spacial score (nSPS) is 20.3. The zero-order valence-corrected chi connectivity index (χ0v) is 18.1. The van der Waals surface area contributed by atoms with Crippen LogP contribution in [0.5, 0.6) is 0 Å². The van der Waals surface area contributed by atoms with E-state index >= 15 is 0 Å². The average molecular weight is 440 g/mol. The van der Waals surface area contributed by atoms with Crippen LogP contribution in [-0.4, -0.2) is 62.1 Å². The molecule has 3 N–H and O–H groups in total. The number of carboxylic acids is 1. The lowest BCUT2D eigenvalue weighted by molar-refractivity contribution is -0.279. The molecule has 2 unspecified atom stereocenters. The summed E-state index contributed by atoms with van der Waals surface area (Å²) in [4.78, 5) is 62.1. The van der Waals surface area contributed by atoms with E-state index in [-0.39, 0.29) is 28.7 Å². The molecule has 30 heavy (non-hydrogen) atoms. The van der Waals surface area contributed by atoms with Gasteiger partial charge in [0.15, 0.2) is 22.4 Å². The number of aromatic nitrogens is 1.